The molecular weight excluding hydrogens is 390 g/mol. The molecule has 0 spiro atoms. The van der Waals surface area contributed by atoms with Crippen LogP contribution in [0.1, 0.15) is 31.2 Å². The minimum Gasteiger partial charge on any atom is -0.381 e. The van der Waals surface area contributed by atoms with Gasteiger partial charge in [0.2, 0.25) is 11.9 Å². The Labute approximate surface area is 184 Å². The van der Waals surface area contributed by atoms with Crippen LogP contribution in [0.25, 0.3) is 0 Å². The van der Waals surface area contributed by atoms with Crippen LogP contribution in [0.5, 0.6) is 0 Å². The van der Waals surface area contributed by atoms with Gasteiger partial charge in [0.25, 0.3) is 0 Å². The van der Waals surface area contributed by atoms with E-state index in [9.17, 15) is 4.79 Å². The first kappa shape index (κ1) is 20.2. The Hall–Kier alpha value is -2.67. The summed E-state index contributed by atoms with van der Waals surface area (Å²) in [5, 5.41) is 0. The number of amides is 1. The largest absolute Gasteiger partial charge is 0.381 e. The minimum atomic E-state index is -0.459. The number of hydrogen-bond donors (Lipinski definition) is 0. The number of carbonyl (C=O) groups is 1. The Morgan fingerprint density at radius 1 is 0.871 bits per heavy atom. The van der Waals surface area contributed by atoms with E-state index in [4.69, 9.17) is 9.72 Å². The van der Waals surface area contributed by atoms with Gasteiger partial charge in [-0.3, -0.25) is 4.79 Å². The Morgan fingerprint density at radius 2 is 1.58 bits per heavy atom. The van der Waals surface area contributed by atoms with E-state index in [1.165, 1.54) is 12.8 Å². The topological polar surface area (TPSA) is 61.8 Å². The van der Waals surface area contributed by atoms with Crippen LogP contribution < -0.4 is 9.80 Å². The lowest BCUT2D eigenvalue weighted by Crippen LogP contribution is -2.56. The number of benzene rings is 1. The van der Waals surface area contributed by atoms with Crippen molar-refractivity contribution in [3.63, 3.8) is 0 Å². The molecule has 31 heavy (non-hydrogen) atoms. The highest BCUT2D eigenvalue weighted by Gasteiger charge is 2.44. The summed E-state index contributed by atoms with van der Waals surface area (Å²) in [4.78, 5) is 29.7. The van der Waals surface area contributed by atoms with E-state index in [-0.39, 0.29) is 5.91 Å². The summed E-state index contributed by atoms with van der Waals surface area (Å²) >= 11 is 0. The molecule has 2 aromatic rings. The quantitative estimate of drug-likeness (QED) is 0.756. The normalized spacial score (nSPS) is 21.4. The smallest absolute Gasteiger partial charge is 0.233 e. The zero-order valence-corrected chi connectivity index (χ0v) is 18.1. The van der Waals surface area contributed by atoms with Gasteiger partial charge in [0.15, 0.2) is 0 Å². The first-order valence-corrected chi connectivity index (χ1v) is 11.5. The lowest BCUT2D eigenvalue weighted by Gasteiger charge is -2.43. The van der Waals surface area contributed by atoms with Gasteiger partial charge in [0.1, 0.15) is 5.82 Å². The maximum atomic E-state index is 13.8. The maximum Gasteiger partial charge on any atom is 0.233 e. The van der Waals surface area contributed by atoms with E-state index >= 15 is 0 Å². The van der Waals surface area contributed by atoms with Crippen LogP contribution in [0.3, 0.4) is 0 Å². The van der Waals surface area contributed by atoms with E-state index in [0.717, 1.165) is 69.4 Å². The van der Waals surface area contributed by atoms with E-state index in [0.29, 0.717) is 13.2 Å². The fraction of sp³-hybridized carbons (Fsp3) is 0.542. The van der Waals surface area contributed by atoms with Crippen LogP contribution in [0.15, 0.2) is 42.6 Å². The lowest BCUT2D eigenvalue weighted by molar-refractivity contribution is -0.141. The number of nitrogens with zero attached hydrogens (tertiary/aromatic N) is 5. The highest BCUT2D eigenvalue weighted by Crippen LogP contribution is 2.37. The molecule has 0 bridgehead atoms. The van der Waals surface area contributed by atoms with Gasteiger partial charge in [0.05, 0.1) is 5.41 Å². The SMILES string of the molecule is O=C(N1CCN(c2ccnc(N3CCCC3)n2)CC1)C1(c2ccccc2)CCOCC1. The summed E-state index contributed by atoms with van der Waals surface area (Å²) in [5.41, 5.74) is 0.663. The third-order valence-corrected chi connectivity index (χ3v) is 6.99. The number of hydrogen-bond acceptors (Lipinski definition) is 6. The second kappa shape index (κ2) is 8.83. The highest BCUT2D eigenvalue weighted by molar-refractivity contribution is 5.88. The molecule has 0 aliphatic carbocycles. The number of ether oxygens (including phenoxy) is 1. The molecule has 3 aliphatic heterocycles. The van der Waals surface area contributed by atoms with Gasteiger partial charge in [-0.25, -0.2) is 4.98 Å². The molecule has 4 heterocycles. The molecule has 7 nitrogen and oxygen atoms in total. The molecule has 0 N–H and O–H groups in total. The van der Waals surface area contributed by atoms with Gasteiger partial charge in [-0.2, -0.15) is 4.98 Å². The number of rotatable bonds is 4. The highest BCUT2D eigenvalue weighted by atomic mass is 16.5. The summed E-state index contributed by atoms with van der Waals surface area (Å²) in [6, 6.07) is 12.3. The van der Waals surface area contributed by atoms with Gasteiger partial charge in [-0.15, -0.1) is 0 Å². The van der Waals surface area contributed by atoms with Crippen molar-refractivity contribution in [2.45, 2.75) is 31.1 Å². The van der Waals surface area contributed by atoms with Gasteiger partial charge in [0, 0.05) is 58.7 Å². The van der Waals surface area contributed by atoms with Gasteiger partial charge < -0.3 is 19.4 Å². The molecule has 1 amide bonds. The van der Waals surface area contributed by atoms with Crippen molar-refractivity contribution < 1.29 is 9.53 Å². The Balaban J connectivity index is 1.28. The van der Waals surface area contributed by atoms with E-state index in [2.05, 4.69) is 31.8 Å². The number of anilines is 2. The molecule has 0 saturated carbocycles. The maximum absolute atomic E-state index is 13.8. The van der Waals surface area contributed by atoms with E-state index in [1.54, 1.807) is 0 Å². The van der Waals surface area contributed by atoms with Gasteiger partial charge in [-0.1, -0.05) is 30.3 Å². The summed E-state index contributed by atoms with van der Waals surface area (Å²) in [5.74, 6) is 2.05. The van der Waals surface area contributed by atoms with Crippen LogP contribution in [-0.4, -0.2) is 73.3 Å². The predicted octanol–water partition coefficient (Wildman–Crippen LogP) is 2.47. The summed E-state index contributed by atoms with van der Waals surface area (Å²) in [6.07, 6.45) is 5.79. The molecular formula is C24H31N5O2. The summed E-state index contributed by atoms with van der Waals surface area (Å²) < 4.78 is 5.61. The van der Waals surface area contributed by atoms with Gasteiger partial charge >= 0.3 is 0 Å². The average Bonchev–Trinajstić information content (AvgIpc) is 3.40. The third kappa shape index (κ3) is 3.99. The van der Waals surface area contributed by atoms with Crippen LogP contribution in [-0.2, 0) is 14.9 Å². The molecule has 5 rings (SSSR count). The Bertz CT molecular complexity index is 886. The lowest BCUT2D eigenvalue weighted by atomic mass is 9.73. The molecule has 3 fully saturated rings. The van der Waals surface area contributed by atoms with Crippen LogP contribution in [0, 0.1) is 0 Å². The van der Waals surface area contributed by atoms with Gasteiger partial charge in [-0.05, 0) is 37.3 Å². The van der Waals surface area contributed by atoms with Crippen molar-refractivity contribution in [2.24, 2.45) is 0 Å². The molecule has 1 aromatic heterocycles. The van der Waals surface area contributed by atoms with Crippen molar-refractivity contribution >= 4 is 17.7 Å². The minimum absolute atomic E-state index is 0.252. The second-order valence-electron chi connectivity index (χ2n) is 8.75. The average molecular weight is 422 g/mol. The van der Waals surface area contributed by atoms with Crippen LogP contribution >= 0.6 is 0 Å². The molecule has 3 aliphatic rings. The standard InChI is InChI=1S/C24H31N5O2/c30-22(24(9-18-31-19-10-24)20-6-2-1-3-7-20)28-16-14-27(15-17-28)21-8-11-25-23(26-21)29-12-4-5-13-29/h1-3,6-8,11H,4-5,9-10,12-19H2. The summed E-state index contributed by atoms with van der Waals surface area (Å²) in [7, 11) is 0. The first-order chi connectivity index (χ1) is 15.3. The zero-order valence-electron chi connectivity index (χ0n) is 18.1. The van der Waals surface area contributed by atoms with Crippen molar-refractivity contribution in [3.05, 3.63) is 48.2 Å². The first-order valence-electron chi connectivity index (χ1n) is 11.5. The molecule has 3 saturated heterocycles. The third-order valence-electron chi connectivity index (χ3n) is 6.99. The number of aromatic nitrogens is 2. The molecule has 0 radical (unpaired) electrons. The molecule has 164 valence electrons. The zero-order chi connectivity index (χ0) is 21.1. The molecule has 0 unspecified atom stereocenters. The molecule has 7 heteroatoms. The van der Waals surface area contributed by atoms with Crippen molar-refractivity contribution in [1.82, 2.24) is 14.9 Å². The monoisotopic (exact) mass is 421 g/mol. The molecule has 0 atom stereocenters. The fourth-order valence-corrected chi connectivity index (χ4v) is 5.13. The fourth-order valence-electron chi connectivity index (χ4n) is 5.13. The summed E-state index contributed by atoms with van der Waals surface area (Å²) in [6.45, 7) is 6.39. The van der Waals surface area contributed by atoms with Crippen molar-refractivity contribution in [2.75, 3.05) is 62.3 Å². The predicted molar refractivity (Wildman–Crippen MR) is 120 cm³/mol. The molecule has 1 aromatic carbocycles. The number of piperazine rings is 1. The second-order valence-corrected chi connectivity index (χ2v) is 8.75. The van der Waals surface area contributed by atoms with Crippen molar-refractivity contribution in [1.29, 1.82) is 0 Å². The van der Waals surface area contributed by atoms with Crippen molar-refractivity contribution in [3.8, 4) is 0 Å². The Kier molecular flexibility index (Phi) is 5.76. The Morgan fingerprint density at radius 3 is 2.29 bits per heavy atom. The van der Waals surface area contributed by atoms with Crippen LogP contribution in [0.2, 0.25) is 0 Å². The van der Waals surface area contributed by atoms with E-state index < -0.39 is 5.41 Å². The van der Waals surface area contributed by atoms with Crippen LogP contribution in [0.4, 0.5) is 11.8 Å². The van der Waals surface area contributed by atoms with E-state index in [1.807, 2.05) is 30.5 Å². The number of carbonyl (C=O) groups excluding carboxylic acids is 1.